The van der Waals surface area contributed by atoms with Crippen molar-refractivity contribution in [3.05, 3.63) is 59.7 Å². The monoisotopic (exact) mass is 528 g/mol. The highest BCUT2D eigenvalue weighted by molar-refractivity contribution is 6.74. The predicted octanol–water partition coefficient (Wildman–Crippen LogP) is 6.68. The molecule has 0 amide bonds. The lowest BCUT2D eigenvalue weighted by Crippen LogP contribution is -2.45. The second-order valence-electron chi connectivity index (χ2n) is 12.2. The van der Waals surface area contributed by atoms with Gasteiger partial charge in [-0.1, -0.05) is 70.2 Å². The number of hydrogen-bond donors (Lipinski definition) is 0. The fourth-order valence-corrected chi connectivity index (χ4v) is 6.02. The van der Waals surface area contributed by atoms with E-state index >= 15 is 0 Å². The third-order valence-electron chi connectivity index (χ3n) is 8.05. The van der Waals surface area contributed by atoms with Crippen LogP contribution in [0.1, 0.15) is 72.7 Å². The van der Waals surface area contributed by atoms with Gasteiger partial charge in [-0.15, -0.1) is 0 Å². The van der Waals surface area contributed by atoms with Crippen LogP contribution in [0.25, 0.3) is 0 Å². The third-order valence-corrected chi connectivity index (χ3v) is 12.6. The van der Waals surface area contributed by atoms with Crippen molar-refractivity contribution in [2.24, 2.45) is 5.92 Å². The molecule has 2 aliphatic heterocycles. The number of rotatable bonds is 5. The lowest BCUT2D eigenvalue weighted by Gasteiger charge is -2.40. The zero-order valence-electron chi connectivity index (χ0n) is 23.7. The Kier molecular flexibility index (Phi) is 9.38. The SMILES string of the molecule is CC(=CC=O)[C@H]1OC(=O)CC(O[Si](C)(C)C(C)(C)C)CC[C@@]2(C)OC(c3ccccc3)O[C@H]2C=C[C@@H]1C. The second kappa shape index (κ2) is 11.8. The van der Waals surface area contributed by atoms with Crippen LogP contribution in [0, 0.1) is 5.92 Å². The molecule has 1 aromatic carbocycles. The highest BCUT2D eigenvalue weighted by Crippen LogP contribution is 2.44. The molecule has 204 valence electrons. The molecule has 1 fully saturated rings. The molecule has 1 aromatic rings. The van der Waals surface area contributed by atoms with Crippen LogP contribution in [0.5, 0.6) is 0 Å². The first-order valence-electron chi connectivity index (χ1n) is 13.3. The number of carbonyl (C=O) groups excluding carboxylic acids is 2. The Hall–Kier alpha value is -2.06. The summed E-state index contributed by atoms with van der Waals surface area (Å²) in [4.78, 5) is 24.4. The summed E-state index contributed by atoms with van der Waals surface area (Å²) < 4.78 is 25.7. The maximum Gasteiger partial charge on any atom is 0.308 e. The van der Waals surface area contributed by atoms with E-state index in [4.69, 9.17) is 18.6 Å². The molecule has 1 saturated heterocycles. The summed E-state index contributed by atoms with van der Waals surface area (Å²) in [5.74, 6) is -0.483. The molecular formula is C30H44O6Si. The van der Waals surface area contributed by atoms with Crippen LogP contribution in [0.3, 0.4) is 0 Å². The van der Waals surface area contributed by atoms with Crippen molar-refractivity contribution in [3.8, 4) is 0 Å². The van der Waals surface area contributed by atoms with Crippen molar-refractivity contribution in [2.45, 2.75) is 109 Å². The molecule has 0 bridgehead atoms. The van der Waals surface area contributed by atoms with E-state index in [-0.39, 0.29) is 35.6 Å². The quantitative estimate of drug-likeness (QED) is 0.140. The van der Waals surface area contributed by atoms with Gasteiger partial charge in [0.05, 0.1) is 18.1 Å². The van der Waals surface area contributed by atoms with Gasteiger partial charge in [-0.2, -0.15) is 0 Å². The Morgan fingerprint density at radius 2 is 1.84 bits per heavy atom. The molecule has 6 atom stereocenters. The van der Waals surface area contributed by atoms with Crippen LogP contribution in [0.15, 0.2) is 54.1 Å². The Morgan fingerprint density at radius 3 is 2.46 bits per heavy atom. The number of fused-ring (bicyclic) bond motifs is 1. The molecule has 0 aliphatic carbocycles. The minimum absolute atomic E-state index is 0.00147. The molecule has 2 unspecified atom stereocenters. The van der Waals surface area contributed by atoms with Gasteiger partial charge in [0, 0.05) is 11.5 Å². The van der Waals surface area contributed by atoms with Crippen LogP contribution in [0.4, 0.5) is 0 Å². The largest absolute Gasteiger partial charge is 0.457 e. The second-order valence-corrected chi connectivity index (χ2v) is 16.9. The van der Waals surface area contributed by atoms with E-state index in [9.17, 15) is 9.59 Å². The lowest BCUT2D eigenvalue weighted by molar-refractivity contribution is -0.151. The van der Waals surface area contributed by atoms with Gasteiger partial charge in [0.25, 0.3) is 0 Å². The van der Waals surface area contributed by atoms with Gasteiger partial charge in [0.1, 0.15) is 18.5 Å². The fraction of sp³-hybridized carbons (Fsp3) is 0.600. The standard InChI is InChI=1S/C30H44O6Si/c1-21-14-15-25-30(6,35-28(33-25)23-12-10-9-11-13-23)18-16-24(36-37(7,8)29(3,4)5)20-26(32)34-27(21)22(2)17-19-31/h9-15,17,19,21,24-25,27-28H,16,18,20H2,1-8H3/t21-,24?,25-,27-,28?,30+/m0/s1. The maximum absolute atomic E-state index is 13.2. The number of hydrogen-bond acceptors (Lipinski definition) is 6. The smallest absolute Gasteiger partial charge is 0.308 e. The minimum Gasteiger partial charge on any atom is -0.457 e. The van der Waals surface area contributed by atoms with E-state index in [2.05, 4.69) is 40.8 Å². The Balaban J connectivity index is 1.97. The first-order chi connectivity index (χ1) is 17.3. The van der Waals surface area contributed by atoms with E-state index in [1.165, 1.54) is 6.08 Å². The minimum atomic E-state index is -2.15. The fourth-order valence-electron chi connectivity index (χ4n) is 4.64. The first kappa shape index (κ1) is 29.5. The van der Waals surface area contributed by atoms with Gasteiger partial charge in [-0.05, 0) is 56.5 Å². The van der Waals surface area contributed by atoms with Gasteiger partial charge in [0.2, 0.25) is 0 Å². The Bertz CT molecular complexity index is 995. The molecule has 0 aromatic heterocycles. The molecule has 2 heterocycles. The number of aldehydes is 1. The van der Waals surface area contributed by atoms with Gasteiger partial charge in [0.15, 0.2) is 14.6 Å². The Labute approximate surface area is 223 Å². The number of carbonyl (C=O) groups is 2. The molecule has 3 rings (SSSR count). The normalized spacial score (nSPS) is 32.2. The molecule has 0 radical (unpaired) electrons. The zero-order valence-corrected chi connectivity index (χ0v) is 24.7. The molecule has 0 N–H and O–H groups in total. The van der Waals surface area contributed by atoms with Crippen molar-refractivity contribution in [1.29, 1.82) is 0 Å². The van der Waals surface area contributed by atoms with E-state index in [0.29, 0.717) is 18.4 Å². The van der Waals surface area contributed by atoms with Gasteiger partial charge >= 0.3 is 5.97 Å². The highest BCUT2D eigenvalue weighted by Gasteiger charge is 2.47. The molecular weight excluding hydrogens is 484 g/mol. The molecule has 37 heavy (non-hydrogen) atoms. The third kappa shape index (κ3) is 7.28. The summed E-state index contributed by atoms with van der Waals surface area (Å²) in [6.07, 6.45) is 6.04. The summed E-state index contributed by atoms with van der Waals surface area (Å²) in [6, 6.07) is 9.94. The molecule has 7 heteroatoms. The summed E-state index contributed by atoms with van der Waals surface area (Å²) in [5.41, 5.74) is 1.07. The van der Waals surface area contributed by atoms with Crippen molar-refractivity contribution in [3.63, 3.8) is 0 Å². The summed E-state index contributed by atoms with van der Waals surface area (Å²) >= 11 is 0. The van der Waals surface area contributed by atoms with E-state index in [0.717, 1.165) is 11.8 Å². The van der Waals surface area contributed by atoms with Crippen LogP contribution >= 0.6 is 0 Å². The number of esters is 1. The van der Waals surface area contributed by atoms with Crippen molar-refractivity contribution < 1.29 is 28.2 Å². The predicted molar refractivity (Wildman–Crippen MR) is 147 cm³/mol. The zero-order chi connectivity index (χ0) is 27.4. The molecule has 0 saturated carbocycles. The molecule has 2 aliphatic rings. The van der Waals surface area contributed by atoms with E-state index < -0.39 is 26.3 Å². The van der Waals surface area contributed by atoms with Crippen LogP contribution in [-0.2, 0) is 28.2 Å². The van der Waals surface area contributed by atoms with Crippen molar-refractivity contribution in [2.75, 3.05) is 0 Å². The number of allylic oxidation sites excluding steroid dienone is 1. The highest BCUT2D eigenvalue weighted by atomic mass is 28.4. The van der Waals surface area contributed by atoms with Gasteiger partial charge in [-0.3, -0.25) is 9.59 Å². The molecule has 6 nitrogen and oxygen atoms in total. The Morgan fingerprint density at radius 1 is 1.16 bits per heavy atom. The van der Waals surface area contributed by atoms with Crippen molar-refractivity contribution >= 4 is 20.6 Å². The number of ether oxygens (including phenoxy) is 3. The van der Waals surface area contributed by atoms with Gasteiger partial charge < -0.3 is 18.6 Å². The van der Waals surface area contributed by atoms with E-state index in [1.54, 1.807) is 0 Å². The number of cyclic esters (lactones) is 1. The van der Waals surface area contributed by atoms with E-state index in [1.807, 2.05) is 56.3 Å². The van der Waals surface area contributed by atoms with Crippen LogP contribution in [0.2, 0.25) is 18.1 Å². The maximum atomic E-state index is 13.2. The summed E-state index contributed by atoms with van der Waals surface area (Å²) in [7, 11) is -2.15. The topological polar surface area (TPSA) is 71.1 Å². The van der Waals surface area contributed by atoms with Crippen LogP contribution < -0.4 is 0 Å². The lowest BCUT2D eigenvalue weighted by atomic mass is 9.89. The first-order valence-corrected chi connectivity index (χ1v) is 16.2. The van der Waals surface area contributed by atoms with Gasteiger partial charge in [-0.25, -0.2) is 0 Å². The summed E-state index contributed by atoms with van der Waals surface area (Å²) in [6.45, 7) is 16.9. The molecule has 0 spiro atoms. The van der Waals surface area contributed by atoms with Crippen LogP contribution in [-0.4, -0.2) is 44.5 Å². The average molecular weight is 529 g/mol. The van der Waals surface area contributed by atoms with Crippen molar-refractivity contribution in [1.82, 2.24) is 0 Å². The average Bonchev–Trinajstić information content (AvgIpc) is 3.15. The summed E-state index contributed by atoms with van der Waals surface area (Å²) in [5, 5.41) is 0.00147. The number of benzene rings is 1.